The highest BCUT2D eigenvalue weighted by Crippen LogP contribution is 2.74. The van der Waals surface area contributed by atoms with E-state index in [9.17, 15) is 26.7 Å². The van der Waals surface area contributed by atoms with Crippen molar-refractivity contribution >= 4 is 17.4 Å². The van der Waals surface area contributed by atoms with Crippen molar-refractivity contribution in [3.8, 4) is 0 Å². The van der Waals surface area contributed by atoms with Gasteiger partial charge in [-0.25, -0.2) is 22.0 Å². The zero-order valence-corrected chi connectivity index (χ0v) is 10.4. The van der Waals surface area contributed by atoms with Crippen molar-refractivity contribution < 1.29 is 26.7 Å². The largest absolute Gasteiger partial charge is 0.298 e. The number of hydrogen-bond donors (Lipinski definition) is 0. The van der Waals surface area contributed by atoms with Crippen molar-refractivity contribution in [3.05, 3.63) is 47.5 Å². The van der Waals surface area contributed by atoms with E-state index in [4.69, 9.17) is 11.6 Å². The maximum absolute atomic E-state index is 14.5. The molecule has 1 nitrogen and oxygen atoms in total. The Balaban J connectivity index is 2.21. The minimum atomic E-state index is -4.02. The van der Waals surface area contributed by atoms with Gasteiger partial charge in [0.1, 0.15) is 0 Å². The molecule has 20 heavy (non-hydrogen) atoms. The minimum Gasteiger partial charge on any atom is -0.290 e. The maximum Gasteiger partial charge on any atom is 0.298 e. The van der Waals surface area contributed by atoms with Gasteiger partial charge in [-0.2, -0.15) is 0 Å². The van der Waals surface area contributed by atoms with Crippen molar-refractivity contribution in [1.82, 2.24) is 0 Å². The van der Waals surface area contributed by atoms with E-state index in [0.717, 1.165) is 0 Å². The Bertz CT molecular complexity index is 643. The normalized spacial score (nSPS) is 43.5. The molecule has 0 radical (unpaired) electrons. The average molecular weight is 309 g/mol. The summed E-state index contributed by atoms with van der Waals surface area (Å²) in [5.41, 5.74) is -7.16. The number of alkyl halides is 4. The molecule has 1 saturated carbocycles. The molecule has 0 unspecified atom stereocenters. The number of rotatable bonds is 1. The third kappa shape index (κ3) is 1.21. The van der Waals surface area contributed by atoms with Crippen LogP contribution in [0.2, 0.25) is 0 Å². The molecule has 0 amide bonds. The summed E-state index contributed by atoms with van der Waals surface area (Å²) >= 11 is 4.90. The monoisotopic (exact) mass is 308 g/mol. The first-order valence-corrected chi connectivity index (χ1v) is 5.99. The quantitative estimate of drug-likeness (QED) is 0.569. The lowest BCUT2D eigenvalue weighted by Crippen LogP contribution is -2.46. The first-order chi connectivity index (χ1) is 9.20. The van der Waals surface area contributed by atoms with Crippen molar-refractivity contribution in [3.63, 3.8) is 0 Å². The number of carbonyl (C=O) groups is 1. The van der Waals surface area contributed by atoms with E-state index in [-0.39, 0.29) is 5.56 Å². The lowest BCUT2D eigenvalue weighted by Gasteiger charge is -2.23. The molecule has 2 aliphatic carbocycles. The van der Waals surface area contributed by atoms with Crippen LogP contribution in [0.15, 0.2) is 42.0 Å². The van der Waals surface area contributed by atoms with Crippen LogP contribution in [0.25, 0.3) is 0 Å². The average Bonchev–Trinajstić information content (AvgIpc) is 2.95. The summed E-state index contributed by atoms with van der Waals surface area (Å²) in [6, 6.07) is 6.80. The van der Waals surface area contributed by atoms with Gasteiger partial charge < -0.3 is 0 Å². The van der Waals surface area contributed by atoms with Gasteiger partial charge in [0, 0.05) is 0 Å². The molecular weight excluding hydrogens is 303 g/mol. The Labute approximate surface area is 115 Å². The van der Waals surface area contributed by atoms with E-state index in [1.54, 1.807) is 0 Å². The molecule has 0 N–H and O–H groups in total. The SMILES string of the molecule is O=C1[C@@](F)(Cl)C(F)=C(F)[C@@]2(F)[C@@H](c3ccccc3)[C@@]12F. The van der Waals surface area contributed by atoms with Crippen LogP contribution >= 0.6 is 11.6 Å². The molecule has 0 aliphatic heterocycles. The van der Waals surface area contributed by atoms with Gasteiger partial charge in [-0.05, 0) is 5.56 Å². The number of carbonyl (C=O) groups excluding carboxylic acids is 1. The van der Waals surface area contributed by atoms with Crippen LogP contribution in [0.4, 0.5) is 22.0 Å². The molecule has 0 bridgehead atoms. The Morgan fingerprint density at radius 3 is 2.05 bits per heavy atom. The molecule has 2 aliphatic rings. The highest BCUT2D eigenvalue weighted by molar-refractivity contribution is 6.38. The summed E-state index contributed by atoms with van der Waals surface area (Å²) in [6.45, 7) is 0. The highest BCUT2D eigenvalue weighted by Gasteiger charge is 2.92. The fraction of sp³-hybridized carbons (Fsp3) is 0.308. The second kappa shape index (κ2) is 3.61. The molecule has 106 valence electrons. The van der Waals surface area contributed by atoms with Gasteiger partial charge in [0.25, 0.3) is 5.13 Å². The molecule has 3 rings (SSSR count). The number of halogens is 6. The Morgan fingerprint density at radius 2 is 1.50 bits per heavy atom. The van der Waals surface area contributed by atoms with E-state index in [2.05, 4.69) is 0 Å². The molecule has 0 aromatic heterocycles. The van der Waals surface area contributed by atoms with Crippen LogP contribution < -0.4 is 0 Å². The van der Waals surface area contributed by atoms with E-state index in [1.165, 1.54) is 30.3 Å². The fourth-order valence-corrected chi connectivity index (χ4v) is 2.94. The summed E-state index contributed by atoms with van der Waals surface area (Å²) in [5.74, 6) is -8.82. The Morgan fingerprint density at radius 1 is 0.950 bits per heavy atom. The Kier molecular flexibility index (Phi) is 2.44. The third-order valence-corrected chi connectivity index (χ3v) is 4.12. The van der Waals surface area contributed by atoms with Gasteiger partial charge in [0.2, 0.25) is 17.1 Å². The van der Waals surface area contributed by atoms with Gasteiger partial charge in [0.15, 0.2) is 11.7 Å². The van der Waals surface area contributed by atoms with Gasteiger partial charge in [-0.3, -0.25) is 4.79 Å². The fourth-order valence-electron chi connectivity index (χ4n) is 2.72. The van der Waals surface area contributed by atoms with Gasteiger partial charge >= 0.3 is 0 Å². The van der Waals surface area contributed by atoms with Crippen LogP contribution in [0, 0.1) is 0 Å². The standard InChI is InChI=1S/C13H6ClF5O/c14-13(19)9(16)8(15)11(17)7(12(11,18)10(13)20)6-4-2-1-3-5-6/h1-5,7H/t7-,11+,12-,13-/m1/s1. The summed E-state index contributed by atoms with van der Waals surface area (Å²) in [4.78, 5) is 11.6. The summed E-state index contributed by atoms with van der Waals surface area (Å²) in [5, 5.41) is -4.02. The number of fused-ring (bicyclic) bond motifs is 1. The number of allylic oxidation sites excluding steroid dienone is 2. The van der Waals surface area contributed by atoms with Gasteiger partial charge in [-0.1, -0.05) is 41.9 Å². The molecule has 0 saturated heterocycles. The second-order valence-corrected chi connectivity index (χ2v) is 5.32. The molecule has 4 atom stereocenters. The lowest BCUT2D eigenvalue weighted by atomic mass is 9.98. The van der Waals surface area contributed by atoms with Crippen LogP contribution in [0.3, 0.4) is 0 Å². The van der Waals surface area contributed by atoms with E-state index in [0.29, 0.717) is 0 Å². The lowest BCUT2D eigenvalue weighted by molar-refractivity contribution is -0.135. The third-order valence-electron chi connectivity index (χ3n) is 3.78. The number of Topliss-reactive ketones (excluding diaryl/α,β-unsaturated/α-hetero) is 1. The zero-order chi connectivity index (χ0) is 14.9. The summed E-state index contributed by atoms with van der Waals surface area (Å²) < 4.78 is 69.6. The molecule has 7 heteroatoms. The first kappa shape index (κ1) is 13.5. The predicted octanol–water partition coefficient (Wildman–Crippen LogP) is 3.84. The number of hydrogen-bond acceptors (Lipinski definition) is 1. The molecular formula is C13H6ClF5O. The van der Waals surface area contributed by atoms with E-state index >= 15 is 0 Å². The van der Waals surface area contributed by atoms with Crippen molar-refractivity contribution in [2.45, 2.75) is 22.4 Å². The van der Waals surface area contributed by atoms with Crippen LogP contribution in [-0.4, -0.2) is 22.2 Å². The minimum absolute atomic E-state index is 0.0804. The molecule has 0 spiro atoms. The predicted molar refractivity (Wildman–Crippen MR) is 60.8 cm³/mol. The van der Waals surface area contributed by atoms with Crippen molar-refractivity contribution in [2.75, 3.05) is 0 Å². The maximum atomic E-state index is 14.5. The Hall–Kier alpha value is -1.43. The van der Waals surface area contributed by atoms with Crippen LogP contribution in [0.1, 0.15) is 11.5 Å². The van der Waals surface area contributed by atoms with Crippen LogP contribution in [-0.2, 0) is 4.79 Å². The molecule has 1 fully saturated rings. The smallest absolute Gasteiger partial charge is 0.290 e. The second-order valence-electron chi connectivity index (χ2n) is 4.80. The van der Waals surface area contributed by atoms with Gasteiger partial charge in [0.05, 0.1) is 5.92 Å². The van der Waals surface area contributed by atoms with Crippen molar-refractivity contribution in [1.29, 1.82) is 0 Å². The van der Waals surface area contributed by atoms with Crippen LogP contribution in [0.5, 0.6) is 0 Å². The van der Waals surface area contributed by atoms with Gasteiger partial charge in [-0.15, -0.1) is 0 Å². The van der Waals surface area contributed by atoms with Crippen molar-refractivity contribution in [2.24, 2.45) is 0 Å². The summed E-state index contributed by atoms with van der Waals surface area (Å²) in [6.07, 6.45) is 0. The van der Waals surface area contributed by atoms with E-state index in [1.807, 2.05) is 0 Å². The topological polar surface area (TPSA) is 17.1 Å². The van der Waals surface area contributed by atoms with E-state index < -0.39 is 39.8 Å². The first-order valence-electron chi connectivity index (χ1n) is 5.61. The molecule has 0 heterocycles. The molecule has 1 aromatic carbocycles. The zero-order valence-electron chi connectivity index (χ0n) is 9.64. The number of benzene rings is 1. The molecule has 1 aromatic rings. The number of ketones is 1. The summed E-state index contributed by atoms with van der Waals surface area (Å²) in [7, 11) is 0. The highest BCUT2D eigenvalue weighted by atomic mass is 35.5.